The number of nitrogens with zero attached hydrogens (tertiary/aromatic N) is 2. The van der Waals surface area contributed by atoms with E-state index in [1.54, 1.807) is 21.6 Å². The molecule has 2 fully saturated rings. The molecule has 19 heteroatoms. The molecule has 6 aromatic rings. The van der Waals surface area contributed by atoms with E-state index in [1.807, 2.05) is 146 Å². The van der Waals surface area contributed by atoms with Gasteiger partial charge in [-0.15, -0.1) is 0 Å². The Balaban J connectivity index is 0.00000122. The Hall–Kier alpha value is -3.13. The van der Waals surface area contributed by atoms with Crippen molar-refractivity contribution in [2.75, 3.05) is 45.5 Å². The minimum absolute atomic E-state index is 0. The van der Waals surface area contributed by atoms with Gasteiger partial charge in [0.25, 0.3) is 6.47 Å². The summed E-state index contributed by atoms with van der Waals surface area (Å²) in [7, 11) is 1.72. The van der Waals surface area contributed by atoms with Crippen LogP contribution in [0.15, 0.2) is 170 Å². The number of benzene rings is 6. The normalized spacial score (nSPS) is 15.8. The molecule has 0 aliphatic carbocycles. The first kappa shape index (κ1) is 73.0. The van der Waals surface area contributed by atoms with Crippen LogP contribution < -0.4 is 108 Å². The van der Waals surface area contributed by atoms with Crippen molar-refractivity contribution in [3.05, 3.63) is 215 Å². The van der Waals surface area contributed by atoms with Crippen molar-refractivity contribution in [1.29, 1.82) is 0 Å². The Bertz CT molecular complexity index is 2620. The number of esters is 2. The van der Waals surface area contributed by atoms with Gasteiger partial charge < -0.3 is 30.8 Å². The molecule has 8 rings (SSSR count). The van der Waals surface area contributed by atoms with Crippen molar-refractivity contribution in [2.24, 2.45) is 0 Å². The molecule has 2 saturated heterocycles. The number of halogens is 4. The zero-order valence-electron chi connectivity index (χ0n) is 46.9. The fourth-order valence-electron chi connectivity index (χ4n) is 8.91. The molecule has 2 heterocycles. The van der Waals surface area contributed by atoms with Gasteiger partial charge >= 0.3 is 115 Å². The minimum atomic E-state index is -1.00. The standard InChI is InChI=1S/C29H30FNO3S.C20H21NO3S.C9H10BrF.CH3F.CH2O3.CH4.2K.H/c1-34-29(33)26-19-25(35-18-8-9-21-14-16-24(30)17-15-21)20-31(26)28(32)27(22-10-4-2-5-11-22)23-12-6-3-7-13-23;1-24-20(23)17-12-16(25)13-21(17)19(22)18(14-8-4-2-5-9-14)15-10-6-3-7-11-15;10-7-1-2-8-3-5-9(11)6-4-8;1-2;2-1-4-3;;;;/h2-7,10-17,25-27H,8-9,18-20H2,1H3;2-11,16-18,25H,12-13H2,1H3;3-6H,1-2,7H2;1H3;1,3H;1H4;;;/q;;;;;;2*+1;-1/p-1/t25-,26-;16-,17-;;;;;;;/m00......./s1/i;;;1D;;;;;. The van der Waals surface area contributed by atoms with Crippen LogP contribution in [0.2, 0.25) is 0 Å². The summed E-state index contributed by atoms with van der Waals surface area (Å²) in [4.78, 5) is 66.7. The Labute approximate surface area is 576 Å². The average molecular weight is 1260 g/mol. The van der Waals surface area contributed by atoms with Crippen molar-refractivity contribution in [1.82, 2.24) is 9.80 Å². The molecule has 2 aliphatic heterocycles. The van der Waals surface area contributed by atoms with Crippen molar-refractivity contribution < 1.29 is 162 Å². The number of hydrogen-bond acceptors (Lipinski definition) is 11. The van der Waals surface area contributed by atoms with Crippen LogP contribution in [-0.2, 0) is 51.2 Å². The molecule has 2 amide bonds. The van der Waals surface area contributed by atoms with Crippen LogP contribution in [0.3, 0.4) is 0 Å². The van der Waals surface area contributed by atoms with E-state index in [1.165, 1.54) is 44.0 Å². The maximum absolute atomic E-state index is 13.9. The summed E-state index contributed by atoms with van der Waals surface area (Å²) in [5, 5.41) is 9.56. The van der Waals surface area contributed by atoms with E-state index in [9.17, 15) is 32.3 Å². The number of amides is 2. The Morgan fingerprint density at radius 3 is 1.34 bits per heavy atom. The fourth-order valence-corrected chi connectivity index (χ4v) is 10.8. The monoisotopic (exact) mass is 1250 g/mol. The maximum Gasteiger partial charge on any atom is 1.00 e. The van der Waals surface area contributed by atoms with Gasteiger partial charge in [0, 0.05) is 28.9 Å². The van der Waals surface area contributed by atoms with E-state index < -0.39 is 31.1 Å². The van der Waals surface area contributed by atoms with Crippen molar-refractivity contribution in [3.63, 3.8) is 0 Å². The first-order valence-corrected chi connectivity index (χ1v) is 27.4. The van der Waals surface area contributed by atoms with Gasteiger partial charge in [0.1, 0.15) is 23.7 Å². The second-order valence-electron chi connectivity index (χ2n) is 17.5. The molecule has 0 N–H and O–H groups in total. The number of aryl methyl sites for hydroxylation is 2. The third-order valence-corrected chi connectivity index (χ3v) is 14.8. The summed E-state index contributed by atoms with van der Waals surface area (Å²) < 4.78 is 51.0. The van der Waals surface area contributed by atoms with Crippen LogP contribution >= 0.6 is 40.3 Å². The van der Waals surface area contributed by atoms with E-state index in [0.29, 0.717) is 25.9 Å². The quantitative estimate of drug-likeness (QED) is 0.0187. The molecule has 0 saturated carbocycles. The molecule has 0 unspecified atom stereocenters. The third kappa shape index (κ3) is 24.6. The summed E-state index contributed by atoms with van der Waals surface area (Å²) >= 11 is 9.61. The Morgan fingerprint density at radius 1 is 0.662 bits per heavy atom. The predicted molar refractivity (Wildman–Crippen MR) is 308 cm³/mol. The molecule has 6 aromatic carbocycles. The number of methoxy groups -OCH3 is 2. The molecule has 2 aliphatic rings. The number of alkyl halides is 2. The van der Waals surface area contributed by atoms with Gasteiger partial charge in [-0.05, 0) is 102 Å². The molecule has 0 spiro atoms. The SMILES string of the molecule is C.COC(=O)[C@@H]1C[C@H](S)CN1C(=O)C(c1ccccc1)c1ccccc1.COC(=O)[C@@H]1C[C@H](SCCCc2ccc(F)cc2)CN1C(=O)C(c1ccccc1)c1ccccc1.Fc1ccc(CCCBr)cc1.O=CO[O-].[2H]CF.[H-].[K+].[K+]. The number of thioether (sulfide) groups is 1. The van der Waals surface area contributed by atoms with Gasteiger partial charge in [-0.3, -0.25) is 18.8 Å². The molecular formula is C61H70BrF3K2N2O9S2. The molecule has 4 atom stereocenters. The van der Waals surface area contributed by atoms with Crippen LogP contribution in [0, 0.1) is 11.6 Å². The minimum Gasteiger partial charge on any atom is -1.00 e. The molecule has 0 radical (unpaired) electrons. The molecule has 420 valence electrons. The maximum atomic E-state index is 13.9. The van der Waals surface area contributed by atoms with Gasteiger partial charge in [0.2, 0.25) is 11.8 Å². The van der Waals surface area contributed by atoms with E-state index in [-0.39, 0.29) is 164 Å². The number of rotatable bonds is 17. The second kappa shape index (κ2) is 42.6. The number of thiol groups is 1. The second-order valence-corrected chi connectivity index (χ2v) is 20.5. The zero-order valence-corrected chi connectivity index (χ0v) is 54.5. The summed E-state index contributed by atoms with van der Waals surface area (Å²) in [6.45, 7) is 0.772. The third-order valence-electron chi connectivity index (χ3n) is 12.5. The van der Waals surface area contributed by atoms with Crippen LogP contribution in [0.4, 0.5) is 13.2 Å². The number of carbonyl (C=O) groups excluding carboxylic acids is 5. The van der Waals surface area contributed by atoms with Crippen molar-refractivity contribution >= 4 is 70.5 Å². The van der Waals surface area contributed by atoms with Gasteiger partial charge in [0.05, 0.1) is 34.6 Å². The van der Waals surface area contributed by atoms with Gasteiger partial charge in [-0.25, -0.2) is 18.4 Å². The van der Waals surface area contributed by atoms with Crippen LogP contribution in [0.1, 0.15) is 81.1 Å². The van der Waals surface area contributed by atoms with E-state index in [2.05, 4.69) is 33.4 Å². The van der Waals surface area contributed by atoms with Crippen LogP contribution in [-0.4, -0.2) is 108 Å². The van der Waals surface area contributed by atoms with Gasteiger partial charge in [-0.2, -0.15) is 24.4 Å². The van der Waals surface area contributed by atoms with Crippen molar-refractivity contribution in [3.8, 4) is 0 Å². The fraction of sp³-hybridized carbons (Fsp3) is 0.328. The first-order valence-electron chi connectivity index (χ1n) is 25.4. The largest absolute Gasteiger partial charge is 1.00 e. The van der Waals surface area contributed by atoms with E-state index in [0.717, 1.165) is 64.6 Å². The summed E-state index contributed by atoms with van der Waals surface area (Å²) in [5.41, 5.74) is 5.93. The molecule has 0 aromatic heterocycles. The first-order chi connectivity index (χ1) is 37.8. The van der Waals surface area contributed by atoms with E-state index >= 15 is 0 Å². The number of carbonyl (C=O) groups is 5. The van der Waals surface area contributed by atoms with Gasteiger partial charge in [0.15, 0.2) is 0 Å². The Morgan fingerprint density at radius 2 is 1.00 bits per heavy atom. The number of hydrogen-bond donors (Lipinski definition) is 1. The molecule has 80 heavy (non-hydrogen) atoms. The predicted octanol–water partition coefficient (Wildman–Crippen LogP) is 5.29. The topological polar surface area (TPSA) is 143 Å². The number of likely N-dealkylation sites (tertiary alicyclic amines) is 2. The zero-order chi connectivity index (χ0) is 56.7. The summed E-state index contributed by atoms with van der Waals surface area (Å²) in [5.74, 6) is -1.34. The van der Waals surface area contributed by atoms with Crippen LogP contribution in [0.5, 0.6) is 0 Å². The number of ether oxygens (including phenoxy) is 2. The molecule has 11 nitrogen and oxygen atoms in total. The summed E-state index contributed by atoms with van der Waals surface area (Å²) in [6, 6.07) is 50.8. The van der Waals surface area contributed by atoms with E-state index in [4.69, 9.17) is 20.9 Å². The summed E-state index contributed by atoms with van der Waals surface area (Å²) in [6.07, 6.45) is 5.03. The van der Waals surface area contributed by atoms with Crippen LogP contribution in [0.25, 0.3) is 0 Å². The Kier molecular flexibility index (Phi) is 38.9. The average Bonchev–Trinajstić information content (AvgIpc) is 4.10. The van der Waals surface area contributed by atoms with Crippen molar-refractivity contribution in [2.45, 2.75) is 80.4 Å². The smallest absolute Gasteiger partial charge is 1.00 e. The molecular weight excluding hydrogens is 1180 g/mol. The van der Waals surface area contributed by atoms with Gasteiger partial charge in [-0.1, -0.05) is 169 Å². The molecule has 0 bridgehead atoms.